The van der Waals surface area contributed by atoms with Crippen LogP contribution in [0.25, 0.3) is 11.0 Å². The number of aliphatic hydroxyl groups is 1. The van der Waals surface area contributed by atoms with Crippen LogP contribution in [0.3, 0.4) is 0 Å². The summed E-state index contributed by atoms with van der Waals surface area (Å²) in [5, 5.41) is 11.5. The van der Waals surface area contributed by atoms with E-state index in [4.69, 9.17) is 13.6 Å². The van der Waals surface area contributed by atoms with Gasteiger partial charge in [-0.3, -0.25) is 9.59 Å². The van der Waals surface area contributed by atoms with Gasteiger partial charge in [-0.15, -0.1) is 0 Å². The number of aryl methyl sites for hydroxylation is 2. The molecule has 0 aliphatic carbocycles. The van der Waals surface area contributed by atoms with E-state index in [1.807, 2.05) is 10.8 Å². The van der Waals surface area contributed by atoms with Crippen LogP contribution in [0.5, 0.6) is 5.75 Å². The zero-order chi connectivity index (χ0) is 23.8. The van der Waals surface area contributed by atoms with Crippen molar-refractivity contribution in [1.82, 2.24) is 14.5 Å². The van der Waals surface area contributed by atoms with E-state index in [1.54, 1.807) is 55.8 Å². The van der Waals surface area contributed by atoms with Gasteiger partial charge in [-0.05, 0) is 37.6 Å². The number of Topliss-reactive ketones (excluding diaryl/α,β-unsaturated/α-hetero) is 1. The highest BCUT2D eigenvalue weighted by Gasteiger charge is 2.45. The largest absolute Gasteiger partial charge is 0.503 e. The molecule has 9 heteroatoms. The molecule has 174 valence electrons. The van der Waals surface area contributed by atoms with Crippen LogP contribution in [0, 0.1) is 6.92 Å². The number of furan rings is 2. The molecule has 1 aromatic carbocycles. The molecular weight excluding hydrogens is 438 g/mol. The molecule has 1 atom stereocenters. The third kappa shape index (κ3) is 3.64. The summed E-state index contributed by atoms with van der Waals surface area (Å²) in [6, 6.07) is 9.49. The number of aliphatic hydroxyl groups excluding tert-OH is 1. The monoisotopic (exact) mass is 461 g/mol. The van der Waals surface area contributed by atoms with Crippen molar-refractivity contribution in [2.24, 2.45) is 0 Å². The molecule has 0 fully saturated rings. The number of para-hydroxylation sites is 1. The van der Waals surface area contributed by atoms with Crippen molar-refractivity contribution in [3.8, 4) is 5.75 Å². The molecule has 0 unspecified atom stereocenters. The van der Waals surface area contributed by atoms with Gasteiger partial charge >= 0.3 is 0 Å². The lowest BCUT2D eigenvalue weighted by Gasteiger charge is -2.24. The Kier molecular flexibility index (Phi) is 5.45. The lowest BCUT2D eigenvalue weighted by molar-refractivity contribution is -0.129. The van der Waals surface area contributed by atoms with Crippen molar-refractivity contribution < 1.29 is 28.3 Å². The molecule has 1 amide bonds. The molecule has 1 N–H and O–H groups in total. The first-order chi connectivity index (χ1) is 16.5. The first-order valence-corrected chi connectivity index (χ1v) is 10.9. The number of hydrogen-bond donors (Lipinski definition) is 1. The number of amides is 1. The van der Waals surface area contributed by atoms with E-state index in [1.165, 1.54) is 12.0 Å². The summed E-state index contributed by atoms with van der Waals surface area (Å²) in [7, 11) is 1.51. The smallest absolute Gasteiger partial charge is 0.290 e. The molecule has 34 heavy (non-hydrogen) atoms. The molecule has 3 aromatic heterocycles. The minimum absolute atomic E-state index is 0.00222. The van der Waals surface area contributed by atoms with Crippen LogP contribution < -0.4 is 4.74 Å². The Morgan fingerprint density at radius 2 is 2.06 bits per heavy atom. The lowest BCUT2D eigenvalue weighted by atomic mass is 9.99. The van der Waals surface area contributed by atoms with Gasteiger partial charge in [0, 0.05) is 30.9 Å². The van der Waals surface area contributed by atoms with Gasteiger partial charge in [-0.2, -0.15) is 0 Å². The third-order valence-electron chi connectivity index (χ3n) is 5.91. The number of methoxy groups -OCH3 is 1. The van der Waals surface area contributed by atoms with Gasteiger partial charge in [0.25, 0.3) is 5.91 Å². The van der Waals surface area contributed by atoms with Gasteiger partial charge < -0.3 is 28.1 Å². The van der Waals surface area contributed by atoms with Gasteiger partial charge in [-0.25, -0.2) is 4.98 Å². The van der Waals surface area contributed by atoms with E-state index in [-0.39, 0.29) is 11.3 Å². The quantitative estimate of drug-likeness (QED) is 0.391. The summed E-state index contributed by atoms with van der Waals surface area (Å²) in [5.41, 5.74) is 0.348. The van der Waals surface area contributed by atoms with Crippen LogP contribution in [0.15, 0.2) is 75.3 Å². The van der Waals surface area contributed by atoms with Crippen molar-refractivity contribution in [1.29, 1.82) is 0 Å². The molecule has 9 nitrogen and oxygen atoms in total. The Balaban J connectivity index is 1.50. The number of aromatic nitrogens is 2. The highest BCUT2D eigenvalue weighted by molar-refractivity contribution is 6.16. The normalized spacial score (nSPS) is 16.1. The molecule has 1 aliphatic heterocycles. The van der Waals surface area contributed by atoms with Crippen LogP contribution in [-0.4, -0.2) is 44.9 Å². The fourth-order valence-corrected chi connectivity index (χ4v) is 4.30. The van der Waals surface area contributed by atoms with Crippen molar-refractivity contribution in [3.63, 3.8) is 0 Å². The second kappa shape index (κ2) is 8.58. The number of imidazole rings is 1. The molecule has 5 rings (SSSR count). The Labute approximate surface area is 194 Å². The number of hydrogen-bond acceptors (Lipinski definition) is 7. The van der Waals surface area contributed by atoms with E-state index in [0.29, 0.717) is 47.7 Å². The van der Waals surface area contributed by atoms with Crippen LogP contribution >= 0.6 is 0 Å². The minimum Gasteiger partial charge on any atom is -0.503 e. The molecule has 1 aliphatic rings. The Hall–Kier alpha value is -4.27. The number of fused-ring (bicyclic) bond motifs is 1. The number of nitrogens with zero attached hydrogens (tertiary/aromatic N) is 3. The molecular formula is C25H23N3O6. The third-order valence-corrected chi connectivity index (χ3v) is 5.91. The maximum absolute atomic E-state index is 13.6. The SMILES string of the molecule is COc1cccc2cc(C(=O)C3=C(O)C(=O)N(CCCn4ccnc4)[C@@H]3c3ccc(C)o3)oc12. The number of carbonyl (C=O) groups excluding carboxylic acids is 2. The predicted octanol–water partition coefficient (Wildman–Crippen LogP) is 4.21. The van der Waals surface area contributed by atoms with Gasteiger partial charge in [-0.1, -0.05) is 12.1 Å². The number of benzene rings is 1. The summed E-state index contributed by atoms with van der Waals surface area (Å²) in [5.74, 6) is -0.290. The first kappa shape index (κ1) is 21.6. The zero-order valence-corrected chi connectivity index (χ0v) is 18.7. The van der Waals surface area contributed by atoms with E-state index >= 15 is 0 Å². The maximum atomic E-state index is 13.6. The van der Waals surface area contributed by atoms with E-state index < -0.39 is 23.5 Å². The first-order valence-electron chi connectivity index (χ1n) is 10.9. The highest BCUT2D eigenvalue weighted by Crippen LogP contribution is 2.40. The molecule has 0 spiro atoms. The highest BCUT2D eigenvalue weighted by atomic mass is 16.5. The summed E-state index contributed by atoms with van der Waals surface area (Å²) in [4.78, 5) is 32.1. The van der Waals surface area contributed by atoms with E-state index in [2.05, 4.69) is 4.98 Å². The molecule has 0 radical (unpaired) electrons. The predicted molar refractivity (Wildman–Crippen MR) is 121 cm³/mol. The Morgan fingerprint density at radius 3 is 2.76 bits per heavy atom. The molecule has 4 aromatic rings. The van der Waals surface area contributed by atoms with Crippen LogP contribution in [0.4, 0.5) is 0 Å². The van der Waals surface area contributed by atoms with Crippen LogP contribution in [0.2, 0.25) is 0 Å². The van der Waals surface area contributed by atoms with Gasteiger partial charge in [0.1, 0.15) is 17.6 Å². The fraction of sp³-hybridized carbons (Fsp3) is 0.240. The van der Waals surface area contributed by atoms with Crippen molar-refractivity contribution in [2.45, 2.75) is 25.9 Å². The number of ether oxygens (including phenoxy) is 1. The maximum Gasteiger partial charge on any atom is 0.290 e. The van der Waals surface area contributed by atoms with Crippen molar-refractivity contribution >= 4 is 22.7 Å². The van der Waals surface area contributed by atoms with Crippen LogP contribution in [0.1, 0.15) is 34.5 Å². The summed E-state index contributed by atoms with van der Waals surface area (Å²) < 4.78 is 18.8. The topological polar surface area (TPSA) is 111 Å². The summed E-state index contributed by atoms with van der Waals surface area (Å²) in [6.07, 6.45) is 5.80. The molecule has 0 saturated carbocycles. The average molecular weight is 461 g/mol. The van der Waals surface area contributed by atoms with Gasteiger partial charge in [0.2, 0.25) is 5.78 Å². The number of ketones is 1. The van der Waals surface area contributed by atoms with E-state index in [0.717, 1.165) is 0 Å². The lowest BCUT2D eigenvalue weighted by Crippen LogP contribution is -2.32. The molecule has 0 bridgehead atoms. The summed E-state index contributed by atoms with van der Waals surface area (Å²) in [6.45, 7) is 2.71. The minimum atomic E-state index is -0.869. The number of carbonyl (C=O) groups is 2. The zero-order valence-electron chi connectivity index (χ0n) is 18.7. The average Bonchev–Trinajstić information content (AvgIpc) is 3.62. The second-order valence-electron chi connectivity index (χ2n) is 8.08. The summed E-state index contributed by atoms with van der Waals surface area (Å²) >= 11 is 0. The second-order valence-corrected chi connectivity index (χ2v) is 8.08. The number of rotatable bonds is 8. The van der Waals surface area contributed by atoms with Gasteiger partial charge in [0.05, 0.1) is 19.0 Å². The van der Waals surface area contributed by atoms with Crippen molar-refractivity contribution in [2.75, 3.05) is 13.7 Å². The standard InChI is InChI=1S/C25H23N3O6/c1-15-7-8-17(33-15)21-20(22(29)19-13-16-5-3-6-18(32-2)24(16)34-19)23(30)25(31)28(21)11-4-10-27-12-9-26-14-27/h3,5-9,12-14,21,30H,4,10-11H2,1-2H3/t21-/m1/s1. The van der Waals surface area contributed by atoms with Crippen molar-refractivity contribution in [3.05, 3.63) is 83.7 Å². The van der Waals surface area contributed by atoms with Crippen LogP contribution in [-0.2, 0) is 11.3 Å². The molecule has 0 saturated heterocycles. The van der Waals surface area contributed by atoms with Gasteiger partial charge in [0.15, 0.2) is 22.9 Å². The Morgan fingerprint density at radius 1 is 1.21 bits per heavy atom. The molecule has 4 heterocycles. The fourth-order valence-electron chi connectivity index (χ4n) is 4.30. The van der Waals surface area contributed by atoms with E-state index in [9.17, 15) is 14.7 Å². The Bertz CT molecular complexity index is 1400.